The number of piperazine rings is 1. The van der Waals surface area contributed by atoms with E-state index < -0.39 is 5.60 Å². The van der Waals surface area contributed by atoms with E-state index in [0.29, 0.717) is 16.1 Å². The van der Waals surface area contributed by atoms with E-state index in [9.17, 15) is 10.1 Å². The van der Waals surface area contributed by atoms with Gasteiger partial charge in [-0.25, -0.2) is 14.3 Å². The van der Waals surface area contributed by atoms with Crippen molar-refractivity contribution in [1.29, 1.82) is 5.26 Å². The van der Waals surface area contributed by atoms with Crippen molar-refractivity contribution in [3.05, 3.63) is 47.4 Å². The Bertz CT molecular complexity index is 1240. The van der Waals surface area contributed by atoms with E-state index in [1.54, 1.807) is 16.9 Å². The first-order chi connectivity index (χ1) is 15.7. The third-order valence-electron chi connectivity index (χ3n) is 6.17. The lowest BCUT2D eigenvalue weighted by molar-refractivity contribution is 0.0122. The van der Waals surface area contributed by atoms with Crippen molar-refractivity contribution < 1.29 is 9.53 Å². The third-order valence-corrected chi connectivity index (χ3v) is 6.37. The Kier molecular flexibility index (Phi) is 5.17. The van der Waals surface area contributed by atoms with Crippen molar-refractivity contribution >= 4 is 29.0 Å². The number of pyridine rings is 2. The van der Waals surface area contributed by atoms with Gasteiger partial charge >= 0.3 is 6.09 Å². The maximum atomic E-state index is 12.7. The second-order valence-corrected chi connectivity index (χ2v) is 10.1. The van der Waals surface area contributed by atoms with Gasteiger partial charge in [0.25, 0.3) is 0 Å². The van der Waals surface area contributed by atoms with Crippen LogP contribution in [0.1, 0.15) is 39.2 Å². The van der Waals surface area contributed by atoms with E-state index in [-0.39, 0.29) is 18.2 Å². The second kappa shape index (κ2) is 7.92. The van der Waals surface area contributed by atoms with Gasteiger partial charge < -0.3 is 9.64 Å². The molecule has 0 saturated carbocycles. The molecule has 3 aromatic heterocycles. The zero-order chi connectivity index (χ0) is 23.3. The average Bonchev–Trinajstić information content (AvgIpc) is 3.29. The molecule has 5 rings (SSSR count). The molecule has 8 nitrogen and oxygen atoms in total. The third kappa shape index (κ3) is 3.98. The highest BCUT2D eigenvalue weighted by atomic mass is 35.5. The first-order valence-corrected chi connectivity index (χ1v) is 11.4. The molecule has 33 heavy (non-hydrogen) atoms. The molecule has 2 saturated heterocycles. The summed E-state index contributed by atoms with van der Waals surface area (Å²) in [4.78, 5) is 21.6. The number of carbonyl (C=O) groups is 1. The summed E-state index contributed by atoms with van der Waals surface area (Å²) in [5.74, 6) is 0.867. The number of ether oxygens (including phenoxy) is 1. The van der Waals surface area contributed by atoms with Crippen molar-refractivity contribution in [2.45, 2.75) is 51.3 Å². The zero-order valence-corrected chi connectivity index (χ0v) is 19.6. The van der Waals surface area contributed by atoms with E-state index in [2.05, 4.69) is 16.1 Å². The molecule has 2 atom stereocenters. The van der Waals surface area contributed by atoms with Crippen LogP contribution in [0.3, 0.4) is 0 Å². The molecule has 0 N–H and O–H groups in total. The number of carbonyl (C=O) groups excluding carboxylic acids is 1. The first kappa shape index (κ1) is 21.5. The van der Waals surface area contributed by atoms with Gasteiger partial charge in [-0.2, -0.15) is 10.4 Å². The van der Waals surface area contributed by atoms with E-state index in [1.807, 2.05) is 43.9 Å². The number of aromatic nitrogens is 3. The summed E-state index contributed by atoms with van der Waals surface area (Å²) in [5, 5.41) is 14.2. The normalized spacial score (nSPS) is 20.2. The molecular formula is C24H25ClN6O2. The van der Waals surface area contributed by atoms with Crippen molar-refractivity contribution in [3.8, 4) is 17.2 Å². The molecule has 170 valence electrons. The van der Waals surface area contributed by atoms with Gasteiger partial charge in [0.2, 0.25) is 0 Å². The Morgan fingerprint density at radius 3 is 2.55 bits per heavy atom. The number of anilines is 1. The van der Waals surface area contributed by atoms with Gasteiger partial charge in [-0.3, -0.25) is 4.90 Å². The molecular weight excluding hydrogens is 440 g/mol. The first-order valence-electron chi connectivity index (χ1n) is 11.0. The van der Waals surface area contributed by atoms with E-state index >= 15 is 0 Å². The fraction of sp³-hybridized carbons (Fsp3) is 0.417. The van der Waals surface area contributed by atoms with Crippen LogP contribution in [0.4, 0.5) is 10.6 Å². The second-order valence-electron chi connectivity index (χ2n) is 9.62. The lowest BCUT2D eigenvalue weighted by atomic mass is 10.1. The summed E-state index contributed by atoms with van der Waals surface area (Å²) >= 11 is 6.28. The standard InChI is InChI=1S/C24H25ClN6O2/c1-24(2,3)33-23(32)31-18-5-6-19(31)14-29(13-18)21-7-4-15(10-27-21)20-8-17(25)12-30-22(20)16(9-26)11-28-30/h4,7-8,10-12,18-19H,5-6,13-14H2,1-3H3. The van der Waals surface area contributed by atoms with Crippen LogP contribution in [-0.2, 0) is 4.74 Å². The maximum absolute atomic E-state index is 12.7. The van der Waals surface area contributed by atoms with Gasteiger partial charge in [0.1, 0.15) is 17.5 Å². The minimum Gasteiger partial charge on any atom is -0.444 e. The van der Waals surface area contributed by atoms with Gasteiger partial charge in [0.15, 0.2) is 0 Å². The number of halogens is 1. The molecule has 0 aliphatic carbocycles. The highest BCUT2D eigenvalue weighted by Gasteiger charge is 2.44. The lowest BCUT2D eigenvalue weighted by Gasteiger charge is -2.41. The number of fused-ring (bicyclic) bond motifs is 3. The SMILES string of the molecule is CC(C)(C)OC(=O)N1C2CCC1CN(c1ccc(-c3cc(Cl)cn4ncc(C#N)c34)cn1)C2. The summed E-state index contributed by atoms with van der Waals surface area (Å²) < 4.78 is 7.26. The number of nitrogens with zero attached hydrogens (tertiary/aromatic N) is 6. The van der Waals surface area contributed by atoms with E-state index in [4.69, 9.17) is 21.3 Å². The Morgan fingerprint density at radius 1 is 1.21 bits per heavy atom. The van der Waals surface area contributed by atoms with Crippen molar-refractivity contribution in [1.82, 2.24) is 19.5 Å². The largest absolute Gasteiger partial charge is 0.444 e. The molecule has 0 radical (unpaired) electrons. The molecule has 2 bridgehead atoms. The number of hydrogen-bond acceptors (Lipinski definition) is 6. The van der Waals surface area contributed by atoms with Crippen molar-refractivity contribution in [2.75, 3.05) is 18.0 Å². The molecule has 0 aromatic carbocycles. The highest BCUT2D eigenvalue weighted by molar-refractivity contribution is 6.31. The van der Waals surface area contributed by atoms with Gasteiger partial charge in [-0.1, -0.05) is 11.6 Å². The van der Waals surface area contributed by atoms with Gasteiger partial charge in [-0.15, -0.1) is 0 Å². The molecule has 2 fully saturated rings. The molecule has 2 unspecified atom stereocenters. The lowest BCUT2D eigenvalue weighted by Crippen LogP contribution is -2.57. The Balaban J connectivity index is 1.38. The zero-order valence-electron chi connectivity index (χ0n) is 18.8. The fourth-order valence-electron chi connectivity index (χ4n) is 4.83. The number of amides is 1. The van der Waals surface area contributed by atoms with E-state index in [0.717, 1.165) is 42.9 Å². The fourth-order valence-corrected chi connectivity index (χ4v) is 5.03. The maximum Gasteiger partial charge on any atom is 0.410 e. The molecule has 1 amide bonds. The van der Waals surface area contributed by atoms with Crippen LogP contribution in [0.15, 0.2) is 36.8 Å². The van der Waals surface area contributed by atoms with E-state index in [1.165, 1.54) is 6.20 Å². The molecule has 0 spiro atoms. The smallest absolute Gasteiger partial charge is 0.410 e. The highest BCUT2D eigenvalue weighted by Crippen LogP contribution is 2.35. The summed E-state index contributed by atoms with van der Waals surface area (Å²) in [6, 6.07) is 8.24. The van der Waals surface area contributed by atoms with Crippen LogP contribution in [-0.4, -0.2) is 56.4 Å². The van der Waals surface area contributed by atoms with Crippen molar-refractivity contribution in [3.63, 3.8) is 0 Å². The molecule has 9 heteroatoms. The van der Waals surface area contributed by atoms with Crippen molar-refractivity contribution in [2.24, 2.45) is 0 Å². The minimum atomic E-state index is -0.502. The summed E-state index contributed by atoms with van der Waals surface area (Å²) in [6.45, 7) is 7.14. The molecule has 5 heterocycles. The average molecular weight is 465 g/mol. The summed E-state index contributed by atoms with van der Waals surface area (Å²) in [5.41, 5.74) is 2.36. The minimum absolute atomic E-state index is 0.123. The van der Waals surface area contributed by atoms with Gasteiger partial charge in [0.05, 0.1) is 34.4 Å². The van der Waals surface area contributed by atoms with Crippen LogP contribution in [0.2, 0.25) is 5.02 Å². The van der Waals surface area contributed by atoms with Gasteiger partial charge in [0, 0.05) is 36.6 Å². The predicted octanol–water partition coefficient (Wildman–Crippen LogP) is 4.51. The Hall–Kier alpha value is -3.31. The number of hydrogen-bond donors (Lipinski definition) is 0. The van der Waals surface area contributed by atoms with Crippen LogP contribution < -0.4 is 4.90 Å². The topological polar surface area (TPSA) is 86.8 Å². The quantitative estimate of drug-likeness (QED) is 0.554. The van der Waals surface area contributed by atoms with Crippen LogP contribution in [0.25, 0.3) is 16.6 Å². The molecule has 2 aliphatic heterocycles. The van der Waals surface area contributed by atoms with Gasteiger partial charge in [-0.05, 0) is 51.8 Å². The predicted molar refractivity (Wildman–Crippen MR) is 125 cm³/mol. The van der Waals surface area contributed by atoms with Crippen LogP contribution in [0, 0.1) is 11.3 Å². The van der Waals surface area contributed by atoms with Crippen LogP contribution >= 0.6 is 11.6 Å². The summed E-state index contributed by atoms with van der Waals surface area (Å²) in [6.07, 6.45) is 6.74. The van der Waals surface area contributed by atoms with Crippen LogP contribution in [0.5, 0.6) is 0 Å². The number of nitriles is 1. The summed E-state index contributed by atoms with van der Waals surface area (Å²) in [7, 11) is 0. The Labute approximate surface area is 197 Å². The monoisotopic (exact) mass is 464 g/mol. The molecule has 3 aromatic rings. The Morgan fingerprint density at radius 2 is 1.94 bits per heavy atom. The number of rotatable bonds is 2. The molecule has 2 aliphatic rings.